The average Bonchev–Trinajstić information content (AvgIpc) is 3.03. The highest BCUT2D eigenvalue weighted by Crippen LogP contribution is 2.27. The van der Waals surface area contributed by atoms with Crippen molar-refractivity contribution in [2.24, 2.45) is 4.99 Å². The first kappa shape index (κ1) is 16.2. The molecule has 0 aliphatic rings. The Morgan fingerprint density at radius 1 is 1.28 bits per heavy atom. The summed E-state index contributed by atoms with van der Waals surface area (Å²) < 4.78 is 19.7. The Balaban J connectivity index is 1.99. The van der Waals surface area contributed by atoms with Crippen LogP contribution in [-0.2, 0) is 0 Å². The van der Waals surface area contributed by atoms with E-state index in [1.54, 1.807) is 28.8 Å². The summed E-state index contributed by atoms with van der Waals surface area (Å²) in [4.78, 5) is 8.33. The summed E-state index contributed by atoms with van der Waals surface area (Å²) in [5.41, 5.74) is 1.38. The standard InChI is InChI=1S/C18H13FN4O2/c1-25-17-7-2-12(8-16(17)24)10-21-18-15(9-20)22-11-23(18)14-5-3-13(19)4-6-14/h2-8,10-11,24H,1H3/b21-10+. The van der Waals surface area contributed by atoms with E-state index >= 15 is 0 Å². The van der Waals surface area contributed by atoms with Crippen molar-refractivity contribution >= 4 is 12.0 Å². The van der Waals surface area contributed by atoms with Crippen molar-refractivity contribution in [1.29, 1.82) is 5.26 Å². The fourth-order valence-electron chi connectivity index (χ4n) is 2.26. The molecule has 0 atom stereocenters. The molecule has 0 aliphatic carbocycles. The van der Waals surface area contributed by atoms with E-state index in [1.165, 1.54) is 37.9 Å². The van der Waals surface area contributed by atoms with E-state index < -0.39 is 0 Å². The second-order valence-corrected chi connectivity index (χ2v) is 5.06. The van der Waals surface area contributed by atoms with E-state index in [0.717, 1.165) is 0 Å². The summed E-state index contributed by atoms with van der Waals surface area (Å²) in [6, 6.07) is 12.6. The molecular weight excluding hydrogens is 323 g/mol. The molecule has 0 bridgehead atoms. The minimum absolute atomic E-state index is 0.0148. The first-order valence-electron chi connectivity index (χ1n) is 7.27. The quantitative estimate of drug-likeness (QED) is 0.741. The third-order valence-electron chi connectivity index (χ3n) is 3.49. The molecule has 0 amide bonds. The van der Waals surface area contributed by atoms with Gasteiger partial charge >= 0.3 is 0 Å². The average molecular weight is 336 g/mol. The molecule has 7 heteroatoms. The van der Waals surface area contributed by atoms with Gasteiger partial charge in [0.05, 0.1) is 7.11 Å². The van der Waals surface area contributed by atoms with Crippen LogP contribution in [0.1, 0.15) is 11.3 Å². The third kappa shape index (κ3) is 3.33. The summed E-state index contributed by atoms with van der Waals surface area (Å²) in [6.07, 6.45) is 2.95. The number of methoxy groups -OCH3 is 1. The van der Waals surface area contributed by atoms with Gasteiger partial charge in [0.15, 0.2) is 23.0 Å². The molecule has 1 N–H and O–H groups in total. The van der Waals surface area contributed by atoms with Crippen LogP contribution >= 0.6 is 0 Å². The lowest BCUT2D eigenvalue weighted by Crippen LogP contribution is -1.93. The second-order valence-electron chi connectivity index (χ2n) is 5.06. The zero-order chi connectivity index (χ0) is 17.8. The van der Waals surface area contributed by atoms with Crippen molar-refractivity contribution in [3.63, 3.8) is 0 Å². The smallest absolute Gasteiger partial charge is 0.185 e. The third-order valence-corrected chi connectivity index (χ3v) is 3.49. The number of phenols is 1. The highest BCUT2D eigenvalue weighted by Gasteiger charge is 2.11. The summed E-state index contributed by atoms with van der Waals surface area (Å²) in [7, 11) is 1.46. The van der Waals surface area contributed by atoms with Crippen molar-refractivity contribution in [3.05, 3.63) is 65.9 Å². The van der Waals surface area contributed by atoms with Gasteiger partial charge < -0.3 is 9.84 Å². The molecular formula is C18H13FN4O2. The van der Waals surface area contributed by atoms with Crippen molar-refractivity contribution in [1.82, 2.24) is 9.55 Å². The molecule has 3 aromatic rings. The summed E-state index contributed by atoms with van der Waals surface area (Å²) in [5, 5.41) is 19.0. The Hall–Kier alpha value is -3.66. The van der Waals surface area contributed by atoms with Crippen molar-refractivity contribution in [2.45, 2.75) is 0 Å². The molecule has 0 spiro atoms. The molecule has 0 aliphatic heterocycles. The van der Waals surface area contributed by atoms with Crippen LogP contribution in [-0.4, -0.2) is 28.0 Å². The molecule has 1 heterocycles. The van der Waals surface area contributed by atoms with Gasteiger partial charge in [-0.25, -0.2) is 14.4 Å². The van der Waals surface area contributed by atoms with E-state index in [1.807, 2.05) is 6.07 Å². The molecule has 2 aromatic carbocycles. The molecule has 0 saturated carbocycles. The van der Waals surface area contributed by atoms with E-state index in [-0.39, 0.29) is 17.3 Å². The Labute approximate surface area is 143 Å². The Morgan fingerprint density at radius 3 is 2.68 bits per heavy atom. The van der Waals surface area contributed by atoms with Crippen LogP contribution in [0.2, 0.25) is 0 Å². The van der Waals surface area contributed by atoms with Gasteiger partial charge in [-0.15, -0.1) is 0 Å². The summed E-state index contributed by atoms with van der Waals surface area (Å²) in [6.45, 7) is 0. The van der Waals surface area contributed by atoms with Gasteiger partial charge in [0, 0.05) is 11.9 Å². The number of aromatic nitrogens is 2. The number of aliphatic imine (C=N–C) groups is 1. The largest absolute Gasteiger partial charge is 0.504 e. The number of hydrogen-bond acceptors (Lipinski definition) is 5. The maximum absolute atomic E-state index is 13.1. The topological polar surface area (TPSA) is 83.4 Å². The van der Waals surface area contributed by atoms with E-state index in [4.69, 9.17) is 4.74 Å². The first-order chi connectivity index (χ1) is 12.1. The highest BCUT2D eigenvalue weighted by atomic mass is 19.1. The minimum atomic E-state index is -0.358. The number of benzene rings is 2. The van der Waals surface area contributed by atoms with Crippen LogP contribution in [0.4, 0.5) is 10.2 Å². The van der Waals surface area contributed by atoms with Gasteiger partial charge in [-0.3, -0.25) is 4.57 Å². The van der Waals surface area contributed by atoms with Gasteiger partial charge in [-0.2, -0.15) is 5.26 Å². The highest BCUT2D eigenvalue weighted by molar-refractivity contribution is 5.83. The molecule has 0 unspecified atom stereocenters. The number of ether oxygens (including phenoxy) is 1. The second kappa shape index (κ2) is 6.84. The number of hydrogen-bond donors (Lipinski definition) is 1. The molecule has 25 heavy (non-hydrogen) atoms. The fourth-order valence-corrected chi connectivity index (χ4v) is 2.26. The molecule has 0 radical (unpaired) electrons. The molecule has 0 fully saturated rings. The van der Waals surface area contributed by atoms with E-state index in [2.05, 4.69) is 9.98 Å². The van der Waals surface area contributed by atoms with E-state index in [9.17, 15) is 14.8 Å². The van der Waals surface area contributed by atoms with Gasteiger partial charge in [0.2, 0.25) is 0 Å². The number of nitriles is 1. The Morgan fingerprint density at radius 2 is 2.04 bits per heavy atom. The number of rotatable bonds is 4. The molecule has 124 valence electrons. The van der Waals surface area contributed by atoms with Crippen LogP contribution in [0.25, 0.3) is 5.69 Å². The van der Waals surface area contributed by atoms with Crippen molar-refractivity contribution in [3.8, 4) is 23.3 Å². The predicted molar refractivity (Wildman–Crippen MR) is 90.1 cm³/mol. The Kier molecular flexibility index (Phi) is 4.44. The fraction of sp³-hybridized carbons (Fsp3) is 0.0556. The number of nitrogens with zero attached hydrogens (tertiary/aromatic N) is 4. The molecule has 3 rings (SSSR count). The summed E-state index contributed by atoms with van der Waals surface area (Å²) >= 11 is 0. The number of aromatic hydroxyl groups is 1. The van der Waals surface area contributed by atoms with E-state index in [0.29, 0.717) is 22.8 Å². The zero-order valence-electron chi connectivity index (χ0n) is 13.2. The van der Waals surface area contributed by atoms with Crippen LogP contribution in [0.3, 0.4) is 0 Å². The van der Waals surface area contributed by atoms with Gasteiger partial charge in [0.1, 0.15) is 18.2 Å². The lowest BCUT2D eigenvalue weighted by Gasteiger charge is -2.05. The molecule has 6 nitrogen and oxygen atoms in total. The zero-order valence-corrected chi connectivity index (χ0v) is 13.2. The maximum atomic E-state index is 13.1. The van der Waals surface area contributed by atoms with Crippen LogP contribution in [0.15, 0.2) is 53.8 Å². The number of imidazole rings is 1. The predicted octanol–water partition coefficient (Wildman–Crippen LogP) is 3.35. The summed E-state index contributed by atoms with van der Waals surface area (Å²) in [5.74, 6) is 0.290. The normalized spacial score (nSPS) is 10.8. The Bertz CT molecular complexity index is 972. The van der Waals surface area contributed by atoms with Crippen LogP contribution < -0.4 is 4.74 Å². The van der Waals surface area contributed by atoms with Crippen LogP contribution in [0, 0.1) is 17.1 Å². The van der Waals surface area contributed by atoms with Crippen LogP contribution in [0.5, 0.6) is 11.5 Å². The maximum Gasteiger partial charge on any atom is 0.185 e. The lowest BCUT2D eigenvalue weighted by atomic mass is 10.2. The number of halogens is 1. The van der Waals surface area contributed by atoms with Gasteiger partial charge in [-0.05, 0) is 48.0 Å². The number of phenolic OH excluding ortho intramolecular Hbond substituents is 1. The van der Waals surface area contributed by atoms with Gasteiger partial charge in [0.25, 0.3) is 0 Å². The minimum Gasteiger partial charge on any atom is -0.504 e. The first-order valence-corrected chi connectivity index (χ1v) is 7.27. The van der Waals surface area contributed by atoms with Gasteiger partial charge in [-0.1, -0.05) is 0 Å². The monoisotopic (exact) mass is 336 g/mol. The van der Waals surface area contributed by atoms with Crippen molar-refractivity contribution in [2.75, 3.05) is 7.11 Å². The molecule has 0 saturated heterocycles. The molecule has 1 aromatic heterocycles. The lowest BCUT2D eigenvalue weighted by molar-refractivity contribution is 0.373. The van der Waals surface area contributed by atoms with Crippen molar-refractivity contribution < 1.29 is 14.2 Å². The SMILES string of the molecule is COc1ccc(/C=N/c2c(C#N)ncn2-c2ccc(F)cc2)cc1O.